The van der Waals surface area contributed by atoms with Gasteiger partial charge in [-0.15, -0.1) is 0 Å². The van der Waals surface area contributed by atoms with Gasteiger partial charge in [0, 0.05) is 0 Å². The smallest absolute Gasteiger partial charge is 0.404 e. The van der Waals surface area contributed by atoms with Crippen LogP contribution >= 0.6 is 0 Å². The van der Waals surface area contributed by atoms with Gasteiger partial charge in [0.2, 0.25) is 0 Å². The molecule has 2 heterocycles. The first-order valence-electron chi connectivity index (χ1n) is 5.59. The van der Waals surface area contributed by atoms with Crippen LogP contribution in [-0.4, -0.2) is 64.0 Å². The fourth-order valence-electron chi connectivity index (χ4n) is 1.27. The van der Waals surface area contributed by atoms with Crippen molar-refractivity contribution in [3.05, 3.63) is 0 Å². The Kier molecular flexibility index (Phi) is 4.55. The number of ether oxygens (including phenoxy) is 5. The number of carbonyl (C=O) groups is 1. The van der Waals surface area contributed by atoms with Crippen molar-refractivity contribution in [2.45, 2.75) is 18.3 Å². The lowest BCUT2D eigenvalue weighted by atomic mass is 10.4. The molecule has 2 fully saturated rings. The minimum Gasteiger partial charge on any atom is -0.441 e. The zero-order chi connectivity index (χ0) is 12.1. The van der Waals surface area contributed by atoms with Crippen LogP contribution in [0.4, 0.5) is 4.79 Å². The summed E-state index contributed by atoms with van der Waals surface area (Å²) in [6.45, 7) is 2.99. The highest BCUT2D eigenvalue weighted by atomic mass is 16.6. The Morgan fingerprint density at radius 3 is 2.00 bits per heavy atom. The molecule has 0 spiro atoms. The quantitative estimate of drug-likeness (QED) is 0.540. The second-order valence-corrected chi connectivity index (χ2v) is 4.04. The number of rotatable bonds is 9. The standard InChI is InChI=1S/C10H17NO6/c11-10(12)17-9(3-13-1-7-5-15-7)4-14-2-8-6-16-8/h7-9H,1-6H2,(H2,11,12). The second kappa shape index (κ2) is 6.15. The zero-order valence-corrected chi connectivity index (χ0v) is 9.50. The van der Waals surface area contributed by atoms with E-state index in [1.165, 1.54) is 0 Å². The molecule has 7 nitrogen and oxygen atoms in total. The number of hydrogen-bond donors (Lipinski definition) is 1. The predicted octanol–water partition coefficient (Wildman–Crippen LogP) is -0.719. The van der Waals surface area contributed by atoms with Gasteiger partial charge in [-0.25, -0.2) is 4.79 Å². The molecule has 0 aliphatic carbocycles. The van der Waals surface area contributed by atoms with E-state index in [1.807, 2.05) is 0 Å². The van der Waals surface area contributed by atoms with Crippen LogP contribution in [0.15, 0.2) is 0 Å². The van der Waals surface area contributed by atoms with Crippen LogP contribution in [0.2, 0.25) is 0 Å². The number of amides is 1. The summed E-state index contributed by atoms with van der Waals surface area (Å²) in [5.74, 6) is 0. The number of carbonyl (C=O) groups excluding carboxylic acids is 1. The summed E-state index contributed by atoms with van der Waals surface area (Å²) in [7, 11) is 0. The van der Waals surface area contributed by atoms with Gasteiger partial charge in [0.05, 0.1) is 39.6 Å². The van der Waals surface area contributed by atoms with Gasteiger partial charge < -0.3 is 29.4 Å². The van der Waals surface area contributed by atoms with E-state index in [9.17, 15) is 4.79 Å². The molecule has 0 bridgehead atoms. The Morgan fingerprint density at radius 2 is 1.65 bits per heavy atom. The van der Waals surface area contributed by atoms with E-state index in [0.717, 1.165) is 13.2 Å². The third-order valence-corrected chi connectivity index (χ3v) is 2.30. The number of nitrogens with two attached hydrogens (primary N) is 1. The summed E-state index contributed by atoms with van der Waals surface area (Å²) in [5, 5.41) is 0. The Morgan fingerprint density at radius 1 is 1.18 bits per heavy atom. The van der Waals surface area contributed by atoms with E-state index in [4.69, 9.17) is 29.4 Å². The Balaban J connectivity index is 1.57. The topological polar surface area (TPSA) is 95.8 Å². The summed E-state index contributed by atoms with van der Waals surface area (Å²) in [4.78, 5) is 10.7. The molecule has 7 heteroatoms. The van der Waals surface area contributed by atoms with Crippen molar-refractivity contribution in [2.75, 3.05) is 39.6 Å². The van der Waals surface area contributed by atoms with Crippen LogP contribution in [0.3, 0.4) is 0 Å². The summed E-state index contributed by atoms with van der Waals surface area (Å²) in [5.41, 5.74) is 4.96. The van der Waals surface area contributed by atoms with Crippen molar-refractivity contribution in [3.63, 3.8) is 0 Å². The summed E-state index contributed by atoms with van der Waals surface area (Å²) >= 11 is 0. The Bertz CT molecular complexity index is 235. The largest absolute Gasteiger partial charge is 0.441 e. The third kappa shape index (κ3) is 5.83. The Labute approximate surface area is 99.1 Å². The van der Waals surface area contributed by atoms with Gasteiger partial charge in [-0.3, -0.25) is 0 Å². The first-order valence-corrected chi connectivity index (χ1v) is 5.59. The maximum Gasteiger partial charge on any atom is 0.404 e. The molecule has 98 valence electrons. The molecular weight excluding hydrogens is 230 g/mol. The van der Waals surface area contributed by atoms with Crippen molar-refractivity contribution in [1.29, 1.82) is 0 Å². The van der Waals surface area contributed by atoms with Crippen molar-refractivity contribution in [3.8, 4) is 0 Å². The first-order chi connectivity index (χ1) is 8.24. The lowest BCUT2D eigenvalue weighted by Gasteiger charge is -2.16. The molecule has 0 radical (unpaired) electrons. The molecule has 2 saturated heterocycles. The SMILES string of the molecule is NC(=O)OC(COCC1CO1)COCC1CO1. The summed E-state index contributed by atoms with van der Waals surface area (Å²) in [6, 6.07) is 0. The predicted molar refractivity (Wildman–Crippen MR) is 55.6 cm³/mol. The fraction of sp³-hybridized carbons (Fsp3) is 0.900. The van der Waals surface area contributed by atoms with E-state index in [2.05, 4.69) is 0 Å². The minimum atomic E-state index is -0.826. The van der Waals surface area contributed by atoms with E-state index in [1.54, 1.807) is 0 Å². The van der Waals surface area contributed by atoms with E-state index >= 15 is 0 Å². The van der Waals surface area contributed by atoms with Gasteiger partial charge in [0.15, 0.2) is 6.10 Å². The molecule has 2 rings (SSSR count). The second-order valence-electron chi connectivity index (χ2n) is 4.04. The first kappa shape index (κ1) is 12.6. The van der Waals surface area contributed by atoms with Gasteiger partial charge in [0.1, 0.15) is 12.2 Å². The minimum absolute atomic E-state index is 0.185. The van der Waals surface area contributed by atoms with Gasteiger partial charge >= 0.3 is 6.09 Å². The van der Waals surface area contributed by atoms with Crippen molar-refractivity contribution in [1.82, 2.24) is 0 Å². The lowest BCUT2D eigenvalue weighted by Crippen LogP contribution is -2.32. The molecular formula is C10H17NO6. The molecule has 0 saturated carbocycles. The highest BCUT2D eigenvalue weighted by molar-refractivity contribution is 5.64. The number of epoxide rings is 2. The molecule has 2 N–H and O–H groups in total. The molecule has 2 unspecified atom stereocenters. The fourth-order valence-corrected chi connectivity index (χ4v) is 1.27. The van der Waals surface area contributed by atoms with Gasteiger partial charge in [-0.2, -0.15) is 0 Å². The summed E-state index contributed by atoms with van der Waals surface area (Å²) in [6.07, 6.45) is -0.937. The van der Waals surface area contributed by atoms with Gasteiger partial charge in [-0.05, 0) is 0 Å². The zero-order valence-electron chi connectivity index (χ0n) is 9.50. The average Bonchev–Trinajstić information content (AvgIpc) is 3.12. The van der Waals surface area contributed by atoms with Gasteiger partial charge in [-0.1, -0.05) is 0 Å². The molecule has 17 heavy (non-hydrogen) atoms. The lowest BCUT2D eigenvalue weighted by molar-refractivity contribution is -0.0301. The van der Waals surface area contributed by atoms with Crippen LogP contribution in [0, 0.1) is 0 Å². The Hall–Kier alpha value is -0.890. The van der Waals surface area contributed by atoms with E-state index in [0.29, 0.717) is 13.2 Å². The average molecular weight is 247 g/mol. The summed E-state index contributed by atoms with van der Waals surface area (Å²) < 4.78 is 25.5. The van der Waals surface area contributed by atoms with Crippen LogP contribution < -0.4 is 5.73 Å². The van der Waals surface area contributed by atoms with Crippen LogP contribution in [0.5, 0.6) is 0 Å². The normalized spacial score (nSPS) is 27.5. The van der Waals surface area contributed by atoms with E-state index < -0.39 is 12.2 Å². The number of hydrogen-bond acceptors (Lipinski definition) is 6. The van der Waals surface area contributed by atoms with Crippen molar-refractivity contribution >= 4 is 6.09 Å². The number of primary amides is 1. The van der Waals surface area contributed by atoms with E-state index in [-0.39, 0.29) is 25.4 Å². The highest BCUT2D eigenvalue weighted by Crippen LogP contribution is 2.10. The van der Waals surface area contributed by atoms with Crippen molar-refractivity contribution < 1.29 is 28.5 Å². The molecule has 0 aromatic carbocycles. The van der Waals surface area contributed by atoms with Crippen LogP contribution in [-0.2, 0) is 23.7 Å². The van der Waals surface area contributed by atoms with Crippen molar-refractivity contribution in [2.24, 2.45) is 5.73 Å². The van der Waals surface area contributed by atoms with Gasteiger partial charge in [0.25, 0.3) is 0 Å². The molecule has 0 aromatic heterocycles. The molecule has 2 atom stereocenters. The maximum absolute atomic E-state index is 10.7. The highest BCUT2D eigenvalue weighted by Gasteiger charge is 2.25. The molecule has 2 aliphatic heterocycles. The third-order valence-electron chi connectivity index (χ3n) is 2.30. The molecule has 2 aliphatic rings. The molecule has 1 amide bonds. The monoisotopic (exact) mass is 247 g/mol. The molecule has 0 aromatic rings. The van der Waals surface area contributed by atoms with Crippen LogP contribution in [0.25, 0.3) is 0 Å². The maximum atomic E-state index is 10.7. The van der Waals surface area contributed by atoms with Crippen LogP contribution in [0.1, 0.15) is 0 Å².